The van der Waals surface area contributed by atoms with Crippen molar-refractivity contribution in [3.8, 4) is 0 Å². The van der Waals surface area contributed by atoms with Gasteiger partial charge in [-0.1, -0.05) is 24.3 Å². The van der Waals surface area contributed by atoms with Crippen molar-refractivity contribution >= 4 is 16.9 Å². The van der Waals surface area contributed by atoms with Crippen LogP contribution in [-0.4, -0.2) is 101 Å². The van der Waals surface area contributed by atoms with Crippen molar-refractivity contribution in [2.45, 2.75) is 55.9 Å². The molecule has 11 heteroatoms. The highest BCUT2D eigenvalue weighted by Gasteiger charge is 2.48. The number of aromatic nitrogens is 1. The quantitative estimate of drug-likeness (QED) is 0.249. The minimum atomic E-state index is -1.60. The molecule has 2 aromatic rings. The summed E-state index contributed by atoms with van der Waals surface area (Å²) < 4.78 is 22.3. The number of nitrogens with one attached hydrogen (secondary N) is 1. The predicted molar refractivity (Wildman–Crippen MR) is 139 cm³/mol. The minimum absolute atomic E-state index is 0.0623. The van der Waals surface area contributed by atoms with E-state index in [9.17, 15) is 25.2 Å². The molecular formula is C28H36N2O9. The number of aliphatic hydroxyl groups excluding tert-OH is 4. The first kappa shape index (κ1) is 27.8. The van der Waals surface area contributed by atoms with E-state index in [1.165, 1.54) is 24.3 Å². The number of likely N-dealkylation sites (N-methyl/N-ethyl adjacent to an activating group) is 1. The Kier molecular flexibility index (Phi) is 8.11. The van der Waals surface area contributed by atoms with Gasteiger partial charge >= 0.3 is 5.97 Å². The van der Waals surface area contributed by atoms with Gasteiger partial charge in [0.2, 0.25) is 6.29 Å². The first-order chi connectivity index (χ1) is 18.8. The maximum absolute atomic E-state index is 12.8. The molecule has 0 aliphatic carbocycles. The van der Waals surface area contributed by atoms with Crippen molar-refractivity contribution in [3.05, 3.63) is 60.0 Å². The smallest absolute Gasteiger partial charge is 0.337 e. The molecular weight excluding hydrogens is 508 g/mol. The van der Waals surface area contributed by atoms with Crippen molar-refractivity contribution in [3.63, 3.8) is 0 Å². The first-order valence-electron chi connectivity index (χ1n) is 13.1. The number of benzene rings is 1. The van der Waals surface area contributed by atoms with E-state index in [0.717, 1.165) is 24.2 Å². The molecule has 0 bridgehead atoms. The maximum atomic E-state index is 12.8. The molecule has 1 fully saturated rings. The number of nitrogens with zero attached hydrogens (tertiary/aromatic N) is 1. The molecule has 1 saturated heterocycles. The zero-order valence-electron chi connectivity index (χ0n) is 22.0. The number of ether oxygens (including phenoxy) is 4. The van der Waals surface area contributed by atoms with Gasteiger partial charge in [0, 0.05) is 35.0 Å². The monoisotopic (exact) mass is 544 g/mol. The van der Waals surface area contributed by atoms with E-state index in [0.29, 0.717) is 12.0 Å². The number of H-pyrrole nitrogens is 1. The normalized spacial score (nSPS) is 35.1. The second-order valence-electron chi connectivity index (χ2n) is 10.4. The Hall–Kier alpha value is -2.77. The molecule has 0 spiro atoms. The standard InChI is InChI=1S/C28H36N2O9/c1-4-14-17(11-20-22-16(9-10-30(20)2)15-7-5-6-8-19(15)29-22)18(26(35)36-3)13-37-27(14)39-28-25(34)24(33)23(32)21(12-31)38-28/h4-8,13-14,17,20-21,23-25,27-29,31-34H,1,9-12H2,2-3H3. The van der Waals surface area contributed by atoms with Gasteiger partial charge in [-0.05, 0) is 31.5 Å². The molecule has 4 heterocycles. The van der Waals surface area contributed by atoms with Crippen LogP contribution in [0, 0.1) is 11.8 Å². The van der Waals surface area contributed by atoms with E-state index in [1.54, 1.807) is 6.08 Å². The van der Waals surface area contributed by atoms with Crippen LogP contribution < -0.4 is 0 Å². The summed E-state index contributed by atoms with van der Waals surface area (Å²) in [6.45, 7) is 4.22. The van der Waals surface area contributed by atoms with E-state index >= 15 is 0 Å². The Bertz CT molecular complexity index is 1230. The number of esters is 1. The van der Waals surface area contributed by atoms with Gasteiger partial charge in [0.15, 0.2) is 6.29 Å². The highest BCUT2D eigenvalue weighted by Crippen LogP contribution is 2.44. The Balaban J connectivity index is 1.45. The van der Waals surface area contributed by atoms with Gasteiger partial charge in [-0.2, -0.15) is 0 Å². The summed E-state index contributed by atoms with van der Waals surface area (Å²) in [5.41, 5.74) is 3.73. The largest absolute Gasteiger partial charge is 0.471 e. The lowest BCUT2D eigenvalue weighted by Crippen LogP contribution is -2.60. The molecule has 9 unspecified atom stereocenters. The van der Waals surface area contributed by atoms with Crippen LogP contribution in [0.4, 0.5) is 0 Å². The fourth-order valence-electron chi connectivity index (χ4n) is 6.00. The minimum Gasteiger partial charge on any atom is -0.471 e. The average molecular weight is 545 g/mol. The van der Waals surface area contributed by atoms with Crippen LogP contribution in [0.2, 0.25) is 0 Å². The van der Waals surface area contributed by atoms with Gasteiger partial charge in [0.25, 0.3) is 0 Å². The van der Waals surface area contributed by atoms with Gasteiger partial charge in [-0.15, -0.1) is 6.58 Å². The van der Waals surface area contributed by atoms with Gasteiger partial charge in [-0.3, -0.25) is 4.90 Å². The molecule has 11 nitrogen and oxygen atoms in total. The van der Waals surface area contributed by atoms with Gasteiger partial charge in [0.1, 0.15) is 24.4 Å². The summed E-state index contributed by atoms with van der Waals surface area (Å²) in [5.74, 6) is -1.54. The number of methoxy groups -OCH3 is 1. The van der Waals surface area contributed by atoms with Crippen LogP contribution in [0.1, 0.15) is 23.7 Å². The van der Waals surface area contributed by atoms with Crippen LogP contribution in [0.25, 0.3) is 10.9 Å². The molecule has 5 rings (SSSR count). The number of hydrogen-bond acceptors (Lipinski definition) is 10. The molecule has 0 saturated carbocycles. The van der Waals surface area contributed by atoms with E-state index in [1.807, 2.05) is 19.2 Å². The van der Waals surface area contributed by atoms with Crippen molar-refractivity contribution in [2.75, 3.05) is 27.3 Å². The lowest BCUT2D eigenvalue weighted by atomic mass is 9.78. The topological polar surface area (TPSA) is 154 Å². The van der Waals surface area contributed by atoms with Gasteiger partial charge < -0.3 is 44.4 Å². The molecule has 0 radical (unpaired) electrons. The number of aromatic amines is 1. The SMILES string of the molecule is C=CC1C(OC2OC(CO)C(O)C(O)C2O)OC=C(C(=O)OC)C1CC1c2[nH]c3ccccc3c2CCN1C. The van der Waals surface area contributed by atoms with Gasteiger partial charge in [0.05, 0.1) is 31.6 Å². The zero-order chi connectivity index (χ0) is 27.8. The summed E-state index contributed by atoms with van der Waals surface area (Å²) >= 11 is 0. The highest BCUT2D eigenvalue weighted by atomic mass is 16.8. The van der Waals surface area contributed by atoms with Crippen LogP contribution in [0.15, 0.2) is 48.8 Å². The van der Waals surface area contributed by atoms with Gasteiger partial charge in [-0.25, -0.2) is 4.79 Å². The van der Waals surface area contributed by atoms with E-state index in [-0.39, 0.29) is 6.04 Å². The first-order valence-corrected chi connectivity index (χ1v) is 13.1. The Morgan fingerprint density at radius 3 is 2.69 bits per heavy atom. The lowest BCUT2D eigenvalue weighted by molar-refractivity contribution is -0.339. The fourth-order valence-corrected chi connectivity index (χ4v) is 6.00. The van der Waals surface area contributed by atoms with E-state index in [4.69, 9.17) is 18.9 Å². The molecule has 3 aliphatic rings. The Morgan fingerprint density at radius 2 is 1.97 bits per heavy atom. The third-order valence-corrected chi connectivity index (χ3v) is 8.22. The van der Waals surface area contributed by atoms with Crippen molar-refractivity contribution in [2.24, 2.45) is 11.8 Å². The molecule has 0 amide bonds. The summed E-state index contributed by atoms with van der Waals surface area (Å²) in [6.07, 6.45) is -3.95. The number of rotatable bonds is 7. The Labute approximate surface area is 226 Å². The number of hydrogen-bond donors (Lipinski definition) is 5. The second kappa shape index (κ2) is 11.4. The molecule has 1 aromatic heterocycles. The summed E-state index contributed by atoms with van der Waals surface area (Å²) in [4.78, 5) is 18.7. The van der Waals surface area contributed by atoms with E-state index in [2.05, 4.69) is 28.6 Å². The summed E-state index contributed by atoms with van der Waals surface area (Å²) in [5, 5.41) is 41.6. The summed E-state index contributed by atoms with van der Waals surface area (Å²) in [7, 11) is 3.35. The summed E-state index contributed by atoms with van der Waals surface area (Å²) in [6, 6.07) is 8.12. The zero-order valence-corrected chi connectivity index (χ0v) is 22.0. The van der Waals surface area contributed by atoms with E-state index < -0.39 is 61.4 Å². The maximum Gasteiger partial charge on any atom is 0.337 e. The molecule has 1 aromatic carbocycles. The third kappa shape index (κ3) is 5.00. The van der Waals surface area contributed by atoms with Crippen molar-refractivity contribution in [1.82, 2.24) is 9.88 Å². The molecule has 9 atom stereocenters. The number of para-hydroxylation sites is 1. The van der Waals surface area contributed by atoms with Crippen LogP contribution in [0.5, 0.6) is 0 Å². The number of aliphatic hydroxyl groups is 4. The fraction of sp³-hybridized carbons (Fsp3) is 0.536. The van der Waals surface area contributed by atoms with Crippen LogP contribution in [-0.2, 0) is 30.2 Å². The average Bonchev–Trinajstić information content (AvgIpc) is 3.33. The Morgan fingerprint density at radius 1 is 1.21 bits per heavy atom. The van der Waals surface area contributed by atoms with Crippen molar-refractivity contribution < 1.29 is 44.2 Å². The number of carbonyl (C=O) groups is 1. The molecule has 3 aliphatic heterocycles. The molecule has 39 heavy (non-hydrogen) atoms. The van der Waals surface area contributed by atoms with Crippen LogP contribution in [0.3, 0.4) is 0 Å². The second-order valence-corrected chi connectivity index (χ2v) is 10.4. The number of fused-ring (bicyclic) bond motifs is 3. The third-order valence-electron chi connectivity index (χ3n) is 8.22. The number of carbonyl (C=O) groups excluding carboxylic acids is 1. The lowest BCUT2D eigenvalue weighted by Gasteiger charge is -2.44. The molecule has 5 N–H and O–H groups in total. The predicted octanol–water partition coefficient (Wildman–Crippen LogP) is 0.735. The highest BCUT2D eigenvalue weighted by molar-refractivity contribution is 5.89. The van der Waals surface area contributed by atoms with Crippen molar-refractivity contribution in [1.29, 1.82) is 0 Å². The molecule has 212 valence electrons. The van der Waals surface area contributed by atoms with Crippen LogP contribution >= 0.6 is 0 Å².